The Morgan fingerprint density at radius 1 is 1.00 bits per heavy atom. The van der Waals surface area contributed by atoms with Crippen LogP contribution in [0.3, 0.4) is 0 Å². The third-order valence-electron chi connectivity index (χ3n) is 6.95. The van der Waals surface area contributed by atoms with Crippen LogP contribution in [0.15, 0.2) is 54.6 Å². The highest BCUT2D eigenvalue weighted by Crippen LogP contribution is 2.38. The molecule has 7 heteroatoms. The molecule has 7 nitrogen and oxygen atoms in total. The van der Waals surface area contributed by atoms with E-state index >= 15 is 0 Å². The number of fused-ring (bicyclic) bond motifs is 1. The third kappa shape index (κ3) is 5.95. The number of carbonyl (C=O) groups is 3. The van der Waals surface area contributed by atoms with Gasteiger partial charge in [-0.25, -0.2) is 0 Å². The zero-order valence-electron chi connectivity index (χ0n) is 21.0. The number of carbonyl (C=O) groups excluding carboxylic acids is 3. The molecule has 0 spiro atoms. The Kier molecular flexibility index (Phi) is 8.40. The molecule has 0 aromatic heterocycles. The van der Waals surface area contributed by atoms with E-state index in [-0.39, 0.29) is 36.3 Å². The van der Waals surface area contributed by atoms with E-state index in [1.54, 1.807) is 29.2 Å². The maximum absolute atomic E-state index is 12.6. The molecule has 4 rings (SSSR count). The lowest BCUT2D eigenvalue weighted by molar-refractivity contribution is -0.126. The Balaban J connectivity index is 1.27. The SMILES string of the molecule is CCC(=O)N1c2ccccc2[C@H](NC2CCN(C(=O)C#CCNC(=O)c3ccccc3)CC2)C[C@@H]1C. The summed E-state index contributed by atoms with van der Waals surface area (Å²) >= 11 is 0. The van der Waals surface area contributed by atoms with Crippen molar-refractivity contribution in [1.82, 2.24) is 15.5 Å². The number of likely N-dealkylation sites (tertiary alicyclic amines) is 1. The van der Waals surface area contributed by atoms with E-state index in [0.717, 1.165) is 24.9 Å². The van der Waals surface area contributed by atoms with E-state index < -0.39 is 0 Å². The fourth-order valence-corrected chi connectivity index (χ4v) is 5.07. The highest BCUT2D eigenvalue weighted by molar-refractivity contribution is 5.96. The number of piperidine rings is 1. The number of hydrogen-bond acceptors (Lipinski definition) is 4. The van der Waals surface area contributed by atoms with Crippen molar-refractivity contribution in [3.05, 3.63) is 65.7 Å². The molecule has 3 amide bonds. The summed E-state index contributed by atoms with van der Waals surface area (Å²) in [6.07, 6.45) is 3.05. The number of nitrogens with zero attached hydrogens (tertiary/aromatic N) is 2. The third-order valence-corrected chi connectivity index (χ3v) is 6.95. The summed E-state index contributed by atoms with van der Waals surface area (Å²) in [6.45, 7) is 5.44. The predicted octanol–water partition coefficient (Wildman–Crippen LogP) is 3.28. The van der Waals surface area contributed by atoms with Gasteiger partial charge in [0.05, 0.1) is 6.54 Å². The Morgan fingerprint density at radius 3 is 2.42 bits per heavy atom. The van der Waals surface area contributed by atoms with Gasteiger partial charge in [0, 0.05) is 48.9 Å². The minimum absolute atomic E-state index is 0.129. The average molecular weight is 487 g/mol. The number of benzene rings is 2. The van der Waals surface area contributed by atoms with Crippen LogP contribution in [-0.2, 0) is 9.59 Å². The molecule has 2 N–H and O–H groups in total. The lowest BCUT2D eigenvalue weighted by atomic mass is 9.90. The normalized spacial score (nSPS) is 19.6. The van der Waals surface area contributed by atoms with Crippen molar-refractivity contribution >= 4 is 23.4 Å². The molecule has 0 saturated carbocycles. The molecule has 0 aliphatic carbocycles. The van der Waals surface area contributed by atoms with Crippen molar-refractivity contribution in [2.75, 3.05) is 24.5 Å². The summed E-state index contributed by atoms with van der Waals surface area (Å²) in [5, 5.41) is 6.52. The van der Waals surface area contributed by atoms with Crippen LogP contribution in [0.5, 0.6) is 0 Å². The first-order valence-electron chi connectivity index (χ1n) is 12.8. The van der Waals surface area contributed by atoms with Crippen molar-refractivity contribution in [2.45, 2.75) is 57.7 Å². The standard InChI is InChI=1S/C29H34N4O3/c1-3-27(34)33-21(2)20-25(24-12-7-8-13-26(24)33)31-23-15-18-32(19-16-23)28(35)14-9-17-30-29(36)22-10-5-4-6-11-22/h4-8,10-13,21,23,25,31H,3,15-20H2,1-2H3,(H,30,36)/t21-,25+/m0/s1. The number of nitrogens with one attached hydrogen (secondary N) is 2. The van der Waals surface area contributed by atoms with Crippen molar-refractivity contribution < 1.29 is 14.4 Å². The van der Waals surface area contributed by atoms with Gasteiger partial charge in [0.25, 0.3) is 11.8 Å². The molecule has 0 radical (unpaired) electrons. The first-order chi connectivity index (χ1) is 17.5. The molecule has 2 aliphatic rings. The second kappa shape index (κ2) is 11.9. The molecule has 2 aliphatic heterocycles. The number of anilines is 1. The molecule has 188 valence electrons. The van der Waals surface area contributed by atoms with E-state index in [0.29, 0.717) is 31.1 Å². The molecule has 2 atom stereocenters. The molecule has 1 saturated heterocycles. The number of rotatable bonds is 5. The van der Waals surface area contributed by atoms with E-state index in [1.165, 1.54) is 5.56 Å². The van der Waals surface area contributed by atoms with Crippen LogP contribution < -0.4 is 15.5 Å². The molecule has 0 unspecified atom stereocenters. The zero-order chi connectivity index (χ0) is 25.5. The van der Waals surface area contributed by atoms with Gasteiger partial charge in [-0.2, -0.15) is 0 Å². The number of para-hydroxylation sites is 1. The molecule has 2 aromatic rings. The lowest BCUT2D eigenvalue weighted by Gasteiger charge is -2.42. The summed E-state index contributed by atoms with van der Waals surface area (Å²) in [7, 11) is 0. The van der Waals surface area contributed by atoms with Crippen molar-refractivity contribution in [3.8, 4) is 11.8 Å². The van der Waals surface area contributed by atoms with Gasteiger partial charge in [-0.1, -0.05) is 49.2 Å². The summed E-state index contributed by atoms with van der Waals surface area (Å²) in [5.74, 6) is 5.18. The summed E-state index contributed by atoms with van der Waals surface area (Å²) in [5.41, 5.74) is 2.74. The lowest BCUT2D eigenvalue weighted by Crippen LogP contribution is -2.49. The first-order valence-corrected chi connectivity index (χ1v) is 12.8. The fourth-order valence-electron chi connectivity index (χ4n) is 5.07. The topological polar surface area (TPSA) is 81.8 Å². The zero-order valence-corrected chi connectivity index (χ0v) is 21.0. The maximum atomic E-state index is 12.6. The van der Waals surface area contributed by atoms with Crippen LogP contribution in [0.4, 0.5) is 5.69 Å². The smallest absolute Gasteiger partial charge is 0.298 e. The highest BCUT2D eigenvalue weighted by atomic mass is 16.2. The van der Waals surface area contributed by atoms with Gasteiger partial charge < -0.3 is 20.4 Å². The van der Waals surface area contributed by atoms with E-state index in [9.17, 15) is 14.4 Å². The van der Waals surface area contributed by atoms with Gasteiger partial charge in [0.15, 0.2) is 0 Å². The minimum Gasteiger partial charge on any atom is -0.341 e. The minimum atomic E-state index is -0.204. The van der Waals surface area contributed by atoms with E-state index in [4.69, 9.17) is 0 Å². The number of amides is 3. The first kappa shape index (κ1) is 25.5. The van der Waals surface area contributed by atoms with Crippen LogP contribution >= 0.6 is 0 Å². The van der Waals surface area contributed by atoms with Gasteiger partial charge >= 0.3 is 0 Å². The van der Waals surface area contributed by atoms with Gasteiger partial charge in [-0.3, -0.25) is 14.4 Å². The van der Waals surface area contributed by atoms with Gasteiger partial charge in [0.2, 0.25) is 5.91 Å². The molecular formula is C29H34N4O3. The monoisotopic (exact) mass is 486 g/mol. The summed E-state index contributed by atoms with van der Waals surface area (Å²) < 4.78 is 0. The molecule has 36 heavy (non-hydrogen) atoms. The molecule has 2 heterocycles. The van der Waals surface area contributed by atoms with Crippen LogP contribution in [0.2, 0.25) is 0 Å². The van der Waals surface area contributed by atoms with Gasteiger partial charge in [-0.15, -0.1) is 0 Å². The van der Waals surface area contributed by atoms with Crippen molar-refractivity contribution in [2.24, 2.45) is 0 Å². The van der Waals surface area contributed by atoms with Crippen molar-refractivity contribution in [1.29, 1.82) is 0 Å². The second-order valence-corrected chi connectivity index (χ2v) is 9.40. The Hall–Kier alpha value is -3.63. The van der Waals surface area contributed by atoms with E-state index in [2.05, 4.69) is 35.5 Å². The molecular weight excluding hydrogens is 452 g/mol. The molecule has 1 fully saturated rings. The van der Waals surface area contributed by atoms with Gasteiger partial charge in [-0.05, 0) is 55.9 Å². The van der Waals surface area contributed by atoms with Crippen LogP contribution in [0, 0.1) is 11.8 Å². The van der Waals surface area contributed by atoms with Crippen LogP contribution in [0.1, 0.15) is 61.5 Å². The number of hydrogen-bond donors (Lipinski definition) is 2. The Labute approximate surface area is 213 Å². The van der Waals surface area contributed by atoms with Crippen LogP contribution in [-0.4, -0.2) is 54.3 Å². The van der Waals surface area contributed by atoms with Crippen LogP contribution in [0.25, 0.3) is 0 Å². The average Bonchev–Trinajstić information content (AvgIpc) is 2.91. The van der Waals surface area contributed by atoms with Crippen molar-refractivity contribution in [3.63, 3.8) is 0 Å². The largest absolute Gasteiger partial charge is 0.341 e. The molecule has 2 aromatic carbocycles. The maximum Gasteiger partial charge on any atom is 0.298 e. The predicted molar refractivity (Wildman–Crippen MR) is 140 cm³/mol. The summed E-state index contributed by atoms with van der Waals surface area (Å²) in [6, 6.07) is 17.7. The van der Waals surface area contributed by atoms with Gasteiger partial charge in [0.1, 0.15) is 0 Å². The van der Waals surface area contributed by atoms with E-state index in [1.807, 2.05) is 36.1 Å². The summed E-state index contributed by atoms with van der Waals surface area (Å²) in [4.78, 5) is 40.9. The molecule has 0 bridgehead atoms. The fraction of sp³-hybridized carbons (Fsp3) is 0.414. The quantitative estimate of drug-likeness (QED) is 0.636. The Bertz CT molecular complexity index is 1150. The Morgan fingerprint density at radius 2 is 1.69 bits per heavy atom. The highest BCUT2D eigenvalue weighted by Gasteiger charge is 2.34. The second-order valence-electron chi connectivity index (χ2n) is 9.40.